The lowest BCUT2D eigenvalue weighted by atomic mass is 10.1. The number of rotatable bonds is 8. The van der Waals surface area contributed by atoms with E-state index in [0.29, 0.717) is 18.8 Å². The molecule has 150 valence electrons. The molecule has 3 aromatic rings. The van der Waals surface area contributed by atoms with Crippen molar-refractivity contribution in [2.24, 2.45) is 5.10 Å². The average Bonchev–Trinajstić information content (AvgIpc) is 3.05. The lowest BCUT2D eigenvalue weighted by molar-refractivity contribution is 0.0955. The van der Waals surface area contributed by atoms with Gasteiger partial charge in [0.05, 0.1) is 12.8 Å². The van der Waals surface area contributed by atoms with Crippen molar-refractivity contribution >= 4 is 12.1 Å². The summed E-state index contributed by atoms with van der Waals surface area (Å²) >= 11 is 0. The Morgan fingerprint density at radius 2 is 1.69 bits per heavy atom. The summed E-state index contributed by atoms with van der Waals surface area (Å²) in [5.74, 6) is 1.32. The van der Waals surface area contributed by atoms with Crippen molar-refractivity contribution in [1.82, 2.24) is 10.4 Å². The van der Waals surface area contributed by atoms with Gasteiger partial charge in [0.25, 0.3) is 5.91 Å². The lowest BCUT2D eigenvalue weighted by Gasteiger charge is -2.08. The summed E-state index contributed by atoms with van der Waals surface area (Å²) in [6.07, 6.45) is 1.63. The number of nitrogens with one attached hydrogen (secondary N) is 2. The van der Waals surface area contributed by atoms with Crippen LogP contribution in [0.1, 0.15) is 39.8 Å². The molecule has 0 spiro atoms. The van der Waals surface area contributed by atoms with E-state index in [1.807, 2.05) is 63.2 Å². The zero-order valence-electron chi connectivity index (χ0n) is 16.9. The maximum Gasteiger partial charge on any atom is 0.271 e. The second-order valence-corrected chi connectivity index (χ2v) is 6.62. The molecule has 1 aromatic heterocycles. The number of ether oxygens (including phenoxy) is 2. The van der Waals surface area contributed by atoms with Crippen molar-refractivity contribution < 1.29 is 14.3 Å². The van der Waals surface area contributed by atoms with Gasteiger partial charge >= 0.3 is 0 Å². The Bertz CT molecular complexity index is 974. The highest BCUT2D eigenvalue weighted by Crippen LogP contribution is 2.18. The number of aryl methyl sites for hydroxylation is 2. The largest absolute Gasteiger partial charge is 0.494 e. The molecule has 1 heterocycles. The molecule has 1 amide bonds. The molecule has 0 aliphatic carbocycles. The standard InChI is InChI=1S/C23H25N3O3/c1-4-28-21-9-11-22(12-10-21)29-15-18-5-7-19(8-6-18)23(27)26-24-14-20-13-16(2)25-17(20)3/h5-14,25H,4,15H2,1-3H3,(H,26,27)/b24-14+. The molecule has 0 radical (unpaired) electrons. The first-order valence-corrected chi connectivity index (χ1v) is 9.49. The summed E-state index contributed by atoms with van der Waals surface area (Å²) in [5, 5.41) is 4.03. The minimum Gasteiger partial charge on any atom is -0.494 e. The Balaban J connectivity index is 1.51. The first-order chi connectivity index (χ1) is 14.0. The molecule has 0 fully saturated rings. The van der Waals surface area contributed by atoms with Crippen LogP contribution in [0.15, 0.2) is 59.7 Å². The molecule has 3 rings (SSSR count). The zero-order chi connectivity index (χ0) is 20.6. The molecule has 0 aliphatic heterocycles. The average molecular weight is 391 g/mol. The molecular weight excluding hydrogens is 366 g/mol. The van der Waals surface area contributed by atoms with E-state index in [9.17, 15) is 4.79 Å². The number of carbonyl (C=O) groups excluding carboxylic acids is 1. The van der Waals surface area contributed by atoms with E-state index >= 15 is 0 Å². The topological polar surface area (TPSA) is 75.7 Å². The summed E-state index contributed by atoms with van der Waals surface area (Å²) in [7, 11) is 0. The van der Waals surface area contributed by atoms with Gasteiger partial charge in [-0.1, -0.05) is 12.1 Å². The van der Waals surface area contributed by atoms with Gasteiger partial charge in [-0.3, -0.25) is 4.79 Å². The summed E-state index contributed by atoms with van der Waals surface area (Å²) in [6, 6.07) is 16.7. The number of nitrogens with zero attached hydrogens (tertiary/aromatic N) is 1. The third-order valence-electron chi connectivity index (χ3n) is 4.32. The fraction of sp³-hybridized carbons (Fsp3) is 0.217. The Labute approximate surface area is 170 Å². The zero-order valence-corrected chi connectivity index (χ0v) is 16.9. The fourth-order valence-corrected chi connectivity index (χ4v) is 2.82. The summed E-state index contributed by atoms with van der Waals surface area (Å²) in [4.78, 5) is 15.4. The minimum absolute atomic E-state index is 0.259. The Morgan fingerprint density at radius 3 is 2.28 bits per heavy atom. The molecule has 0 saturated carbocycles. The highest BCUT2D eigenvalue weighted by molar-refractivity contribution is 5.95. The van der Waals surface area contributed by atoms with Gasteiger partial charge in [0.2, 0.25) is 0 Å². The van der Waals surface area contributed by atoms with Gasteiger partial charge in [0.1, 0.15) is 18.1 Å². The molecule has 0 bridgehead atoms. The molecule has 0 saturated heterocycles. The molecule has 29 heavy (non-hydrogen) atoms. The maximum atomic E-state index is 12.2. The van der Waals surface area contributed by atoms with Gasteiger partial charge in [0.15, 0.2) is 0 Å². The first-order valence-electron chi connectivity index (χ1n) is 9.49. The van der Waals surface area contributed by atoms with Gasteiger partial charge in [-0.25, -0.2) is 5.43 Å². The normalized spacial score (nSPS) is 10.9. The highest BCUT2D eigenvalue weighted by Gasteiger charge is 2.05. The Kier molecular flexibility index (Phi) is 6.68. The van der Waals surface area contributed by atoms with Crippen molar-refractivity contribution in [3.8, 4) is 11.5 Å². The lowest BCUT2D eigenvalue weighted by Crippen LogP contribution is -2.17. The van der Waals surface area contributed by atoms with E-state index in [-0.39, 0.29) is 5.91 Å². The number of hydrazone groups is 1. The number of benzene rings is 2. The van der Waals surface area contributed by atoms with Crippen molar-refractivity contribution in [2.75, 3.05) is 6.61 Å². The SMILES string of the molecule is CCOc1ccc(OCc2ccc(C(=O)N/N=C/c3cc(C)[nH]c3C)cc2)cc1. The number of amides is 1. The molecule has 0 unspecified atom stereocenters. The van der Waals surface area contributed by atoms with Crippen LogP contribution in [-0.4, -0.2) is 23.7 Å². The third-order valence-corrected chi connectivity index (χ3v) is 4.32. The van der Waals surface area contributed by atoms with Gasteiger partial charge in [-0.15, -0.1) is 0 Å². The van der Waals surface area contributed by atoms with E-state index in [0.717, 1.165) is 34.0 Å². The van der Waals surface area contributed by atoms with Crippen LogP contribution in [0.3, 0.4) is 0 Å². The van der Waals surface area contributed by atoms with Crippen LogP contribution < -0.4 is 14.9 Å². The highest BCUT2D eigenvalue weighted by atomic mass is 16.5. The minimum atomic E-state index is -0.259. The van der Waals surface area contributed by atoms with E-state index < -0.39 is 0 Å². The number of carbonyl (C=O) groups is 1. The monoisotopic (exact) mass is 391 g/mol. The second-order valence-electron chi connectivity index (χ2n) is 6.62. The number of H-pyrrole nitrogens is 1. The van der Waals surface area contributed by atoms with Crippen molar-refractivity contribution in [3.63, 3.8) is 0 Å². The number of hydrogen-bond donors (Lipinski definition) is 2. The smallest absolute Gasteiger partial charge is 0.271 e. The quantitative estimate of drug-likeness (QED) is 0.442. The summed E-state index contributed by atoms with van der Waals surface area (Å²) < 4.78 is 11.2. The van der Waals surface area contributed by atoms with Crippen LogP contribution in [-0.2, 0) is 6.61 Å². The Hall–Kier alpha value is -3.54. The maximum absolute atomic E-state index is 12.2. The number of aromatic amines is 1. The van der Waals surface area contributed by atoms with Crippen LogP contribution in [0, 0.1) is 13.8 Å². The van der Waals surface area contributed by atoms with E-state index in [4.69, 9.17) is 9.47 Å². The van der Waals surface area contributed by atoms with Crippen LogP contribution in [0.5, 0.6) is 11.5 Å². The molecule has 2 aromatic carbocycles. The third kappa shape index (κ3) is 5.72. The molecule has 0 atom stereocenters. The predicted octanol–water partition coefficient (Wildman–Crippen LogP) is 4.37. The summed E-state index contributed by atoms with van der Waals surface area (Å²) in [6.45, 7) is 6.94. The van der Waals surface area contributed by atoms with Gasteiger partial charge < -0.3 is 14.5 Å². The summed E-state index contributed by atoms with van der Waals surface area (Å²) in [5.41, 5.74) is 7.07. The van der Waals surface area contributed by atoms with Crippen molar-refractivity contribution in [2.45, 2.75) is 27.4 Å². The van der Waals surface area contributed by atoms with E-state index in [1.165, 1.54) is 0 Å². The van der Waals surface area contributed by atoms with E-state index in [2.05, 4.69) is 15.5 Å². The van der Waals surface area contributed by atoms with Crippen molar-refractivity contribution in [1.29, 1.82) is 0 Å². The van der Waals surface area contributed by atoms with E-state index in [1.54, 1.807) is 18.3 Å². The van der Waals surface area contributed by atoms with Crippen LogP contribution in [0.25, 0.3) is 0 Å². The fourth-order valence-electron chi connectivity index (χ4n) is 2.82. The number of hydrogen-bond acceptors (Lipinski definition) is 4. The van der Waals surface area contributed by atoms with Crippen molar-refractivity contribution in [3.05, 3.63) is 82.7 Å². The first kappa shape index (κ1) is 20.2. The van der Waals surface area contributed by atoms with Gasteiger partial charge in [-0.2, -0.15) is 5.10 Å². The molecule has 6 heteroatoms. The molecule has 0 aliphatic rings. The second kappa shape index (κ2) is 9.59. The predicted molar refractivity (Wildman–Crippen MR) is 114 cm³/mol. The Morgan fingerprint density at radius 1 is 1.03 bits per heavy atom. The van der Waals surface area contributed by atoms with Crippen LogP contribution in [0.2, 0.25) is 0 Å². The molecule has 6 nitrogen and oxygen atoms in total. The number of aromatic nitrogens is 1. The van der Waals surface area contributed by atoms with Gasteiger partial charge in [0, 0.05) is 22.5 Å². The van der Waals surface area contributed by atoms with Crippen LogP contribution >= 0.6 is 0 Å². The van der Waals surface area contributed by atoms with Crippen LogP contribution in [0.4, 0.5) is 0 Å². The molecule has 2 N–H and O–H groups in total. The molecular formula is C23H25N3O3. The van der Waals surface area contributed by atoms with Gasteiger partial charge in [-0.05, 0) is 68.8 Å².